The van der Waals surface area contributed by atoms with Crippen LogP contribution >= 0.6 is 0 Å². The number of hydrogen-bond donors (Lipinski definition) is 2. The van der Waals surface area contributed by atoms with E-state index in [-0.39, 0.29) is 24.5 Å². The molecule has 0 unspecified atom stereocenters. The molecule has 0 spiro atoms. The van der Waals surface area contributed by atoms with Crippen LogP contribution in [0.4, 0.5) is 0 Å². The van der Waals surface area contributed by atoms with Gasteiger partial charge in [0.2, 0.25) is 5.91 Å². The van der Waals surface area contributed by atoms with Gasteiger partial charge in [-0.3, -0.25) is 9.59 Å². The molecule has 6 heteroatoms. The standard InChI is InChI=1S/C15H19NO5/c1-3-5-14(18)16-12(15(19)20)9-13(17)10-6-4-7-11(8-10)21-2/h4,6-8,12H,3,5,9H2,1-2H3,(H,16,18)(H,19,20)/t12-/m1/s1. The Bertz CT molecular complexity index is 527. The average molecular weight is 293 g/mol. The summed E-state index contributed by atoms with van der Waals surface area (Å²) in [5, 5.41) is 11.5. The first-order valence-electron chi connectivity index (χ1n) is 6.67. The van der Waals surface area contributed by atoms with E-state index in [4.69, 9.17) is 9.84 Å². The number of aliphatic carboxylic acids is 1. The summed E-state index contributed by atoms with van der Waals surface area (Å²) in [4.78, 5) is 34.7. The molecule has 1 aromatic carbocycles. The Kier molecular flexibility index (Phi) is 6.39. The smallest absolute Gasteiger partial charge is 0.326 e. The Morgan fingerprint density at radius 1 is 1.33 bits per heavy atom. The van der Waals surface area contributed by atoms with E-state index in [0.29, 0.717) is 17.7 Å². The number of carbonyl (C=O) groups excluding carboxylic acids is 2. The quantitative estimate of drug-likeness (QED) is 0.711. The predicted octanol–water partition coefficient (Wildman–Crippen LogP) is 1.64. The molecular formula is C15H19NO5. The lowest BCUT2D eigenvalue weighted by Crippen LogP contribution is -2.42. The van der Waals surface area contributed by atoms with Gasteiger partial charge in [0.05, 0.1) is 7.11 Å². The number of ketones is 1. The van der Waals surface area contributed by atoms with E-state index in [1.165, 1.54) is 13.2 Å². The van der Waals surface area contributed by atoms with E-state index in [9.17, 15) is 14.4 Å². The molecular weight excluding hydrogens is 274 g/mol. The Balaban J connectivity index is 2.76. The molecule has 0 aliphatic heterocycles. The van der Waals surface area contributed by atoms with Crippen molar-refractivity contribution in [3.05, 3.63) is 29.8 Å². The van der Waals surface area contributed by atoms with Crippen LogP contribution in [0, 0.1) is 0 Å². The normalized spacial score (nSPS) is 11.5. The van der Waals surface area contributed by atoms with E-state index < -0.39 is 12.0 Å². The lowest BCUT2D eigenvalue weighted by Gasteiger charge is -2.14. The van der Waals surface area contributed by atoms with Gasteiger partial charge in [-0.2, -0.15) is 0 Å². The number of nitrogens with one attached hydrogen (secondary N) is 1. The number of methoxy groups -OCH3 is 1. The molecule has 0 aliphatic rings. The van der Waals surface area contributed by atoms with Gasteiger partial charge in [-0.1, -0.05) is 19.1 Å². The number of hydrogen-bond acceptors (Lipinski definition) is 4. The molecule has 1 amide bonds. The summed E-state index contributed by atoms with van der Waals surface area (Å²) in [5.74, 6) is -1.44. The summed E-state index contributed by atoms with van der Waals surface area (Å²) >= 11 is 0. The molecule has 0 aliphatic carbocycles. The summed E-state index contributed by atoms with van der Waals surface area (Å²) in [7, 11) is 1.48. The van der Waals surface area contributed by atoms with Gasteiger partial charge >= 0.3 is 5.97 Å². The summed E-state index contributed by atoms with van der Waals surface area (Å²) < 4.78 is 5.02. The second kappa shape index (κ2) is 8.04. The number of amides is 1. The third-order valence-electron chi connectivity index (χ3n) is 2.89. The van der Waals surface area contributed by atoms with Gasteiger partial charge in [-0.15, -0.1) is 0 Å². The molecule has 2 N–H and O–H groups in total. The molecule has 0 aromatic heterocycles. The second-order valence-corrected chi connectivity index (χ2v) is 4.57. The van der Waals surface area contributed by atoms with Crippen LogP contribution in [0.2, 0.25) is 0 Å². The van der Waals surface area contributed by atoms with Crippen molar-refractivity contribution in [3.63, 3.8) is 0 Å². The minimum atomic E-state index is -1.23. The fourth-order valence-corrected chi connectivity index (χ4v) is 1.79. The minimum Gasteiger partial charge on any atom is -0.497 e. The first-order valence-corrected chi connectivity index (χ1v) is 6.67. The molecule has 0 saturated heterocycles. The lowest BCUT2D eigenvalue weighted by molar-refractivity contribution is -0.141. The van der Waals surface area contributed by atoms with E-state index in [1.54, 1.807) is 18.2 Å². The summed E-state index contributed by atoms with van der Waals surface area (Å²) in [6.45, 7) is 1.82. The van der Waals surface area contributed by atoms with Crippen molar-refractivity contribution < 1.29 is 24.2 Å². The van der Waals surface area contributed by atoms with Gasteiger partial charge in [-0.05, 0) is 18.6 Å². The van der Waals surface area contributed by atoms with Crippen LogP contribution in [-0.2, 0) is 9.59 Å². The van der Waals surface area contributed by atoms with Gasteiger partial charge in [0.15, 0.2) is 5.78 Å². The van der Waals surface area contributed by atoms with Crippen LogP contribution in [0.25, 0.3) is 0 Å². The zero-order valence-electron chi connectivity index (χ0n) is 12.1. The SMILES string of the molecule is CCCC(=O)N[C@H](CC(=O)c1cccc(OC)c1)C(=O)O. The average Bonchev–Trinajstić information content (AvgIpc) is 2.46. The highest BCUT2D eigenvalue weighted by Gasteiger charge is 2.23. The highest BCUT2D eigenvalue weighted by atomic mass is 16.5. The zero-order chi connectivity index (χ0) is 15.8. The molecule has 0 saturated carbocycles. The minimum absolute atomic E-state index is 0.233. The van der Waals surface area contributed by atoms with Gasteiger partial charge < -0.3 is 15.2 Å². The van der Waals surface area contributed by atoms with Crippen molar-refractivity contribution in [1.82, 2.24) is 5.32 Å². The van der Waals surface area contributed by atoms with Crippen molar-refractivity contribution in [3.8, 4) is 5.75 Å². The first kappa shape index (κ1) is 16.7. The van der Waals surface area contributed by atoms with Crippen molar-refractivity contribution >= 4 is 17.7 Å². The summed E-state index contributed by atoms with van der Waals surface area (Å²) in [6.07, 6.45) is 0.553. The van der Waals surface area contributed by atoms with Gasteiger partial charge in [0.1, 0.15) is 11.8 Å². The fraction of sp³-hybridized carbons (Fsp3) is 0.400. The third kappa shape index (κ3) is 5.25. The number of carboxylic acid groups (broad SMARTS) is 1. The van der Waals surface area contributed by atoms with Crippen LogP contribution in [0.1, 0.15) is 36.5 Å². The summed E-state index contributed by atoms with van der Waals surface area (Å²) in [6, 6.07) is 5.24. The van der Waals surface area contributed by atoms with Gasteiger partial charge in [0.25, 0.3) is 0 Å². The van der Waals surface area contributed by atoms with Crippen molar-refractivity contribution in [2.24, 2.45) is 0 Å². The van der Waals surface area contributed by atoms with Gasteiger partial charge in [0, 0.05) is 18.4 Å². The highest BCUT2D eigenvalue weighted by molar-refractivity contribution is 5.99. The molecule has 1 aromatic rings. The molecule has 0 heterocycles. The highest BCUT2D eigenvalue weighted by Crippen LogP contribution is 2.15. The van der Waals surface area contributed by atoms with Crippen LogP contribution in [-0.4, -0.2) is 35.9 Å². The molecule has 6 nitrogen and oxygen atoms in total. The van der Waals surface area contributed by atoms with Crippen LogP contribution in [0.5, 0.6) is 5.75 Å². The summed E-state index contributed by atoms with van der Waals surface area (Å²) in [5.41, 5.74) is 0.352. The number of benzene rings is 1. The molecule has 0 bridgehead atoms. The van der Waals surface area contributed by atoms with E-state index in [2.05, 4.69) is 5.32 Å². The first-order chi connectivity index (χ1) is 9.97. The Morgan fingerprint density at radius 3 is 2.62 bits per heavy atom. The Morgan fingerprint density at radius 2 is 2.05 bits per heavy atom. The molecule has 114 valence electrons. The number of carbonyl (C=O) groups is 3. The van der Waals surface area contributed by atoms with Gasteiger partial charge in [-0.25, -0.2) is 4.79 Å². The third-order valence-corrected chi connectivity index (χ3v) is 2.89. The molecule has 21 heavy (non-hydrogen) atoms. The van der Waals surface area contributed by atoms with Crippen LogP contribution < -0.4 is 10.1 Å². The second-order valence-electron chi connectivity index (χ2n) is 4.57. The number of rotatable bonds is 8. The molecule has 0 fully saturated rings. The zero-order valence-corrected chi connectivity index (χ0v) is 12.1. The largest absolute Gasteiger partial charge is 0.497 e. The lowest BCUT2D eigenvalue weighted by atomic mass is 10.0. The van der Waals surface area contributed by atoms with Crippen molar-refractivity contribution in [1.29, 1.82) is 0 Å². The van der Waals surface area contributed by atoms with E-state index in [1.807, 2.05) is 6.92 Å². The van der Waals surface area contributed by atoms with Crippen LogP contribution in [0.15, 0.2) is 24.3 Å². The number of carboxylic acids is 1. The van der Waals surface area contributed by atoms with E-state index in [0.717, 1.165) is 0 Å². The predicted molar refractivity (Wildman–Crippen MR) is 76.4 cm³/mol. The Labute approximate surface area is 123 Å². The maximum absolute atomic E-state index is 12.1. The molecule has 1 rings (SSSR count). The molecule has 1 atom stereocenters. The topological polar surface area (TPSA) is 92.7 Å². The number of Topliss-reactive ketones (excluding diaryl/α,β-unsaturated/α-hetero) is 1. The Hall–Kier alpha value is -2.37. The fourth-order valence-electron chi connectivity index (χ4n) is 1.79. The maximum Gasteiger partial charge on any atom is 0.326 e. The van der Waals surface area contributed by atoms with Crippen molar-refractivity contribution in [2.45, 2.75) is 32.2 Å². The number of ether oxygens (including phenoxy) is 1. The maximum atomic E-state index is 12.1. The molecule has 0 radical (unpaired) electrons. The van der Waals surface area contributed by atoms with Crippen molar-refractivity contribution in [2.75, 3.05) is 7.11 Å². The van der Waals surface area contributed by atoms with Crippen LogP contribution in [0.3, 0.4) is 0 Å². The van der Waals surface area contributed by atoms with E-state index >= 15 is 0 Å². The monoisotopic (exact) mass is 293 g/mol.